The molecule has 61 heavy (non-hydrogen) atoms. The van der Waals surface area contributed by atoms with Crippen molar-refractivity contribution in [2.45, 2.75) is 0 Å². The van der Waals surface area contributed by atoms with E-state index in [2.05, 4.69) is 196 Å². The summed E-state index contributed by atoms with van der Waals surface area (Å²) < 4.78 is 9.99. The van der Waals surface area contributed by atoms with Crippen molar-refractivity contribution in [3.63, 3.8) is 0 Å². The highest BCUT2D eigenvalue weighted by Gasteiger charge is 2.25. The Hall–Kier alpha value is -7.69. The first-order valence-corrected chi connectivity index (χ1v) is 22.0. The molecule has 0 atom stereocenters. The van der Waals surface area contributed by atoms with Crippen LogP contribution in [0, 0.1) is 11.3 Å². The molecule has 0 fully saturated rings. The lowest BCUT2D eigenvalue weighted by Crippen LogP contribution is -2.11. The number of para-hydroxylation sites is 2. The van der Waals surface area contributed by atoms with Gasteiger partial charge in [-0.05, 0) is 103 Å². The molecule has 0 bridgehead atoms. The summed E-state index contributed by atoms with van der Waals surface area (Å²) in [6.45, 7) is 0. The maximum absolute atomic E-state index is 10.2. The van der Waals surface area contributed by atoms with Gasteiger partial charge in [0.1, 0.15) is 0 Å². The van der Waals surface area contributed by atoms with Crippen LogP contribution in [0.15, 0.2) is 194 Å². The van der Waals surface area contributed by atoms with Gasteiger partial charge in [0, 0.05) is 79.0 Å². The molecule has 0 N–H and O–H groups in total. The van der Waals surface area contributed by atoms with E-state index in [4.69, 9.17) is 0 Å². The second-order valence-corrected chi connectivity index (χ2v) is 17.8. The van der Waals surface area contributed by atoms with Gasteiger partial charge in [0.25, 0.3) is 0 Å². The Morgan fingerprint density at radius 2 is 0.820 bits per heavy atom. The van der Waals surface area contributed by atoms with E-state index in [0.717, 1.165) is 72.0 Å². The summed E-state index contributed by atoms with van der Waals surface area (Å²) in [7, 11) is 0. The third-order valence-electron chi connectivity index (χ3n) is 12.3. The summed E-state index contributed by atoms with van der Waals surface area (Å²) in [6, 6.07) is 72.4. The van der Waals surface area contributed by atoms with Crippen LogP contribution < -0.4 is 4.90 Å². The number of aromatic nitrogens is 2. The van der Waals surface area contributed by atoms with Crippen molar-refractivity contribution in [1.29, 1.82) is 5.26 Å². The van der Waals surface area contributed by atoms with E-state index in [9.17, 15) is 5.26 Å². The monoisotopic (exact) mass is 812 g/mol. The van der Waals surface area contributed by atoms with Crippen LogP contribution in [0.2, 0.25) is 0 Å². The van der Waals surface area contributed by atoms with Crippen LogP contribution in [0.25, 0.3) is 95.3 Å². The average Bonchev–Trinajstić information content (AvgIpc) is 4.07. The van der Waals surface area contributed by atoms with Crippen LogP contribution in [0.5, 0.6) is 0 Å². The molecule has 9 aromatic carbocycles. The molecule has 4 nitrogen and oxygen atoms in total. The van der Waals surface area contributed by atoms with E-state index in [0.29, 0.717) is 5.56 Å². The zero-order chi connectivity index (χ0) is 40.2. The van der Waals surface area contributed by atoms with Gasteiger partial charge >= 0.3 is 0 Å². The first kappa shape index (κ1) is 34.2. The first-order chi connectivity index (χ1) is 30.2. The van der Waals surface area contributed by atoms with Crippen molar-refractivity contribution in [3.05, 3.63) is 200 Å². The van der Waals surface area contributed by atoms with Crippen molar-refractivity contribution in [2.75, 3.05) is 4.90 Å². The van der Waals surface area contributed by atoms with E-state index in [-0.39, 0.29) is 0 Å². The Balaban J connectivity index is 1.10. The third kappa shape index (κ3) is 5.03. The molecule has 0 radical (unpaired) electrons. The van der Waals surface area contributed by atoms with Gasteiger partial charge in [0.05, 0.1) is 45.1 Å². The summed E-state index contributed by atoms with van der Waals surface area (Å²) >= 11 is 3.68. The molecule has 0 unspecified atom stereocenters. The van der Waals surface area contributed by atoms with Crippen LogP contribution in [0.4, 0.5) is 17.1 Å². The number of benzene rings is 9. The zero-order valence-electron chi connectivity index (χ0n) is 32.6. The molecule has 13 rings (SSSR count). The molecule has 4 aromatic heterocycles. The lowest BCUT2D eigenvalue weighted by molar-refractivity contribution is 1.18. The number of anilines is 3. The van der Waals surface area contributed by atoms with Crippen molar-refractivity contribution in [3.8, 4) is 17.4 Å². The minimum atomic E-state index is 0.610. The second-order valence-electron chi connectivity index (χ2n) is 15.6. The number of thiophene rings is 2. The van der Waals surface area contributed by atoms with Crippen LogP contribution in [-0.2, 0) is 0 Å². The Morgan fingerprint density at radius 1 is 0.377 bits per heavy atom. The zero-order valence-corrected chi connectivity index (χ0v) is 34.2. The van der Waals surface area contributed by atoms with Crippen molar-refractivity contribution in [2.24, 2.45) is 0 Å². The molecule has 0 aliphatic rings. The van der Waals surface area contributed by atoms with Crippen molar-refractivity contribution < 1.29 is 0 Å². The predicted octanol–water partition coefficient (Wildman–Crippen LogP) is 16.0. The maximum Gasteiger partial charge on any atom is 0.0992 e. The molecule has 0 saturated carbocycles. The van der Waals surface area contributed by atoms with Gasteiger partial charge in [-0.3, -0.25) is 0 Å². The fourth-order valence-electron chi connectivity index (χ4n) is 9.76. The van der Waals surface area contributed by atoms with E-state index < -0.39 is 0 Å². The number of nitrogens with zero attached hydrogens (tertiary/aromatic N) is 4. The summed E-state index contributed by atoms with van der Waals surface area (Å²) in [5, 5.41) is 20.0. The van der Waals surface area contributed by atoms with Crippen molar-refractivity contribution in [1.82, 2.24) is 9.13 Å². The Kier molecular flexibility index (Phi) is 7.38. The SMILES string of the molecule is N#Cc1cccc(N(c2cccc3c2c2ccccc2n3-c2ccc3sc4ccccc4c3c2)c2cccc3c2c2ccccc2n3-c2ccc3sc4ccccc4c3c2)c1. The largest absolute Gasteiger partial charge is 0.309 e. The molecular weight excluding hydrogens is 781 g/mol. The van der Waals surface area contributed by atoms with Crippen LogP contribution in [0.3, 0.4) is 0 Å². The Labute approximate surface area is 358 Å². The van der Waals surface area contributed by atoms with E-state index in [1.807, 2.05) is 40.9 Å². The molecule has 0 saturated heterocycles. The molecule has 284 valence electrons. The average molecular weight is 813 g/mol. The third-order valence-corrected chi connectivity index (χ3v) is 14.6. The fourth-order valence-corrected chi connectivity index (χ4v) is 11.9. The van der Waals surface area contributed by atoms with Gasteiger partial charge in [-0.15, -0.1) is 22.7 Å². The van der Waals surface area contributed by atoms with Crippen LogP contribution >= 0.6 is 22.7 Å². The standard InChI is InChI=1S/C55H32N4S2/c56-33-34-12-9-13-35(30-34)59(48-22-10-20-46-54(48)40-16-1-5-18-44(40)57(46)36-26-28-52-42(31-36)38-14-3-7-24-50(38)60-52)49-23-11-21-47-55(49)41-17-2-6-19-45(41)58(47)37-27-29-53-43(32-37)39-15-4-8-25-51(39)61-53/h1-32H. The molecule has 4 heterocycles. The Morgan fingerprint density at radius 3 is 1.34 bits per heavy atom. The van der Waals surface area contributed by atoms with Gasteiger partial charge in [-0.2, -0.15) is 5.26 Å². The van der Waals surface area contributed by atoms with Gasteiger partial charge in [-0.25, -0.2) is 0 Å². The van der Waals surface area contributed by atoms with E-state index in [1.165, 1.54) is 40.3 Å². The summed E-state index contributed by atoms with van der Waals surface area (Å²) in [5.41, 5.74) is 10.4. The topological polar surface area (TPSA) is 36.9 Å². The van der Waals surface area contributed by atoms with Crippen molar-refractivity contribution >= 4 is 124 Å². The Bertz CT molecular complexity index is 3750. The summed E-state index contributed by atoms with van der Waals surface area (Å²) in [4.78, 5) is 2.38. The minimum Gasteiger partial charge on any atom is -0.309 e. The molecule has 0 aliphatic heterocycles. The van der Waals surface area contributed by atoms with Crippen LogP contribution in [0.1, 0.15) is 5.56 Å². The van der Waals surface area contributed by atoms with Gasteiger partial charge in [0.15, 0.2) is 0 Å². The fraction of sp³-hybridized carbons (Fsp3) is 0. The maximum atomic E-state index is 10.2. The van der Waals surface area contributed by atoms with Gasteiger partial charge in [0.2, 0.25) is 0 Å². The predicted molar refractivity (Wildman–Crippen MR) is 260 cm³/mol. The van der Waals surface area contributed by atoms with E-state index >= 15 is 0 Å². The molecule has 0 spiro atoms. The summed E-state index contributed by atoms with van der Waals surface area (Å²) in [5.74, 6) is 0. The normalized spacial score (nSPS) is 11.9. The molecule has 0 aliphatic carbocycles. The van der Waals surface area contributed by atoms with E-state index in [1.54, 1.807) is 0 Å². The molecular formula is C55H32N4S2. The number of hydrogen-bond donors (Lipinski definition) is 0. The highest BCUT2D eigenvalue weighted by Crippen LogP contribution is 2.48. The number of nitriles is 1. The summed E-state index contributed by atoms with van der Waals surface area (Å²) in [6.07, 6.45) is 0. The number of hydrogen-bond acceptors (Lipinski definition) is 4. The van der Waals surface area contributed by atoms with Gasteiger partial charge in [-0.1, -0.05) is 91.0 Å². The second kappa shape index (κ2) is 13.2. The lowest BCUT2D eigenvalue weighted by Gasteiger charge is -2.27. The number of fused-ring (bicyclic) bond motifs is 12. The highest BCUT2D eigenvalue weighted by atomic mass is 32.1. The number of rotatable bonds is 5. The molecule has 13 aromatic rings. The van der Waals surface area contributed by atoms with Gasteiger partial charge < -0.3 is 14.0 Å². The smallest absolute Gasteiger partial charge is 0.0992 e. The van der Waals surface area contributed by atoms with Crippen LogP contribution in [-0.4, -0.2) is 9.13 Å². The quantitative estimate of drug-likeness (QED) is 0.174. The first-order valence-electron chi connectivity index (χ1n) is 20.4. The minimum absolute atomic E-state index is 0.610. The lowest BCUT2D eigenvalue weighted by atomic mass is 10.0. The molecule has 0 amide bonds. The highest BCUT2D eigenvalue weighted by molar-refractivity contribution is 7.26. The molecule has 6 heteroatoms.